The zero-order valence-electron chi connectivity index (χ0n) is 9.34. The Hall–Kier alpha value is -0.770. The summed E-state index contributed by atoms with van der Waals surface area (Å²) < 4.78 is 0. The van der Waals surface area contributed by atoms with Crippen LogP contribution >= 0.6 is 0 Å². The Morgan fingerprint density at radius 2 is 2.21 bits per heavy atom. The summed E-state index contributed by atoms with van der Waals surface area (Å²) in [6, 6.07) is 0.749. The summed E-state index contributed by atoms with van der Waals surface area (Å²) in [6.07, 6.45) is 2.26. The van der Waals surface area contributed by atoms with Gasteiger partial charge in [-0.25, -0.2) is 4.79 Å². The van der Waals surface area contributed by atoms with Crippen molar-refractivity contribution in [1.29, 1.82) is 0 Å². The summed E-state index contributed by atoms with van der Waals surface area (Å²) in [7, 11) is 1.95. The third-order valence-corrected chi connectivity index (χ3v) is 2.53. The van der Waals surface area contributed by atoms with Crippen molar-refractivity contribution < 1.29 is 4.79 Å². The van der Waals surface area contributed by atoms with E-state index in [0.717, 1.165) is 19.5 Å². The van der Waals surface area contributed by atoms with E-state index in [2.05, 4.69) is 10.6 Å². The van der Waals surface area contributed by atoms with Crippen LogP contribution in [-0.4, -0.2) is 43.2 Å². The topological polar surface area (TPSA) is 44.4 Å². The largest absolute Gasteiger partial charge is 0.336 e. The highest BCUT2D eigenvalue weighted by atomic mass is 16.2. The highest BCUT2D eigenvalue weighted by molar-refractivity contribution is 5.74. The number of rotatable bonds is 2. The van der Waals surface area contributed by atoms with Crippen molar-refractivity contribution in [1.82, 2.24) is 15.5 Å². The summed E-state index contributed by atoms with van der Waals surface area (Å²) in [4.78, 5) is 13.6. The number of carbonyl (C=O) groups excluding carboxylic acids is 1. The quantitative estimate of drug-likeness (QED) is 0.690. The van der Waals surface area contributed by atoms with Crippen LogP contribution in [0.1, 0.15) is 26.7 Å². The molecular formula is C10H21N3O. The van der Waals surface area contributed by atoms with Crippen molar-refractivity contribution in [3.8, 4) is 0 Å². The summed E-state index contributed by atoms with van der Waals surface area (Å²) in [5.41, 5.74) is 0. The van der Waals surface area contributed by atoms with Gasteiger partial charge >= 0.3 is 6.03 Å². The van der Waals surface area contributed by atoms with Crippen molar-refractivity contribution in [2.75, 3.05) is 20.1 Å². The van der Waals surface area contributed by atoms with Crippen molar-refractivity contribution in [3.63, 3.8) is 0 Å². The molecule has 4 heteroatoms. The van der Waals surface area contributed by atoms with Crippen molar-refractivity contribution in [2.45, 2.75) is 38.8 Å². The Morgan fingerprint density at radius 3 is 2.79 bits per heavy atom. The van der Waals surface area contributed by atoms with Crippen molar-refractivity contribution in [3.05, 3.63) is 0 Å². The molecule has 1 aliphatic rings. The summed E-state index contributed by atoms with van der Waals surface area (Å²) >= 11 is 0. The van der Waals surface area contributed by atoms with Crippen LogP contribution in [-0.2, 0) is 0 Å². The standard InChI is InChI=1S/C10H21N3O/c1-8(2)12-10(14)13-6-4-5-9(7-13)11-3/h8-9,11H,4-7H2,1-3H3,(H,12,14). The Kier molecular flexibility index (Phi) is 4.20. The zero-order chi connectivity index (χ0) is 10.6. The van der Waals surface area contributed by atoms with E-state index in [0.29, 0.717) is 6.04 Å². The predicted octanol–water partition coefficient (Wildman–Crippen LogP) is 0.788. The van der Waals surface area contributed by atoms with Crippen LogP contribution < -0.4 is 10.6 Å². The molecule has 82 valence electrons. The average molecular weight is 199 g/mol. The van der Waals surface area contributed by atoms with Gasteiger partial charge < -0.3 is 15.5 Å². The van der Waals surface area contributed by atoms with E-state index in [1.54, 1.807) is 0 Å². The molecule has 1 fully saturated rings. The predicted molar refractivity (Wildman–Crippen MR) is 57.3 cm³/mol. The Bertz CT molecular complexity index is 194. The zero-order valence-corrected chi connectivity index (χ0v) is 9.34. The molecule has 0 spiro atoms. The lowest BCUT2D eigenvalue weighted by molar-refractivity contribution is 0.172. The highest BCUT2D eigenvalue weighted by Gasteiger charge is 2.22. The van der Waals surface area contributed by atoms with E-state index >= 15 is 0 Å². The Balaban J connectivity index is 2.39. The average Bonchev–Trinajstić information content (AvgIpc) is 2.17. The van der Waals surface area contributed by atoms with Gasteiger partial charge in [0.05, 0.1) is 0 Å². The normalized spacial score (nSPS) is 22.6. The first-order chi connectivity index (χ1) is 6.63. The molecule has 1 saturated heterocycles. The van der Waals surface area contributed by atoms with Gasteiger partial charge in [-0.05, 0) is 33.7 Å². The lowest BCUT2D eigenvalue weighted by Gasteiger charge is -2.33. The molecule has 0 bridgehead atoms. The second kappa shape index (κ2) is 5.20. The number of likely N-dealkylation sites (N-methyl/N-ethyl adjacent to an activating group) is 1. The fourth-order valence-electron chi connectivity index (χ4n) is 1.74. The fraction of sp³-hybridized carbons (Fsp3) is 0.900. The number of hydrogen-bond acceptors (Lipinski definition) is 2. The maximum atomic E-state index is 11.7. The van der Waals surface area contributed by atoms with Crippen molar-refractivity contribution in [2.24, 2.45) is 0 Å². The van der Waals surface area contributed by atoms with Gasteiger partial charge in [-0.3, -0.25) is 0 Å². The molecule has 0 saturated carbocycles. The lowest BCUT2D eigenvalue weighted by Crippen LogP contribution is -2.51. The van der Waals surface area contributed by atoms with Gasteiger partial charge in [0.1, 0.15) is 0 Å². The molecule has 1 unspecified atom stereocenters. The number of carbonyl (C=O) groups is 1. The second-order valence-corrected chi connectivity index (χ2v) is 4.18. The van der Waals surface area contributed by atoms with Crippen LogP contribution in [0.4, 0.5) is 4.79 Å². The van der Waals surface area contributed by atoms with Gasteiger partial charge in [-0.15, -0.1) is 0 Å². The van der Waals surface area contributed by atoms with Crippen LogP contribution in [0.2, 0.25) is 0 Å². The van der Waals surface area contributed by atoms with E-state index in [-0.39, 0.29) is 12.1 Å². The van der Waals surface area contributed by atoms with Gasteiger partial charge in [-0.1, -0.05) is 0 Å². The molecule has 4 nitrogen and oxygen atoms in total. The van der Waals surface area contributed by atoms with E-state index < -0.39 is 0 Å². The van der Waals surface area contributed by atoms with E-state index in [9.17, 15) is 4.79 Å². The van der Waals surface area contributed by atoms with Crippen LogP contribution in [0.3, 0.4) is 0 Å². The number of likely N-dealkylation sites (tertiary alicyclic amines) is 1. The molecular weight excluding hydrogens is 178 g/mol. The maximum absolute atomic E-state index is 11.7. The van der Waals surface area contributed by atoms with Crippen LogP contribution in [0.15, 0.2) is 0 Å². The second-order valence-electron chi connectivity index (χ2n) is 4.18. The number of amides is 2. The van der Waals surface area contributed by atoms with Crippen molar-refractivity contribution >= 4 is 6.03 Å². The van der Waals surface area contributed by atoms with E-state index in [4.69, 9.17) is 0 Å². The molecule has 0 radical (unpaired) electrons. The molecule has 0 aromatic carbocycles. The molecule has 2 amide bonds. The number of urea groups is 1. The third-order valence-electron chi connectivity index (χ3n) is 2.53. The minimum Gasteiger partial charge on any atom is -0.336 e. The third kappa shape index (κ3) is 3.18. The molecule has 14 heavy (non-hydrogen) atoms. The molecule has 1 atom stereocenters. The van der Waals surface area contributed by atoms with Gasteiger partial charge in [0, 0.05) is 25.2 Å². The smallest absolute Gasteiger partial charge is 0.317 e. The monoisotopic (exact) mass is 199 g/mol. The van der Waals surface area contributed by atoms with Crippen LogP contribution in [0.25, 0.3) is 0 Å². The molecule has 2 N–H and O–H groups in total. The Labute approximate surface area is 86.0 Å². The molecule has 1 aliphatic heterocycles. The molecule has 0 aromatic heterocycles. The first kappa shape index (κ1) is 11.3. The number of nitrogens with zero attached hydrogens (tertiary/aromatic N) is 1. The molecule has 1 rings (SSSR count). The van der Waals surface area contributed by atoms with Crippen LogP contribution in [0, 0.1) is 0 Å². The van der Waals surface area contributed by atoms with Gasteiger partial charge in [-0.2, -0.15) is 0 Å². The summed E-state index contributed by atoms with van der Waals surface area (Å²) in [6.45, 7) is 5.68. The van der Waals surface area contributed by atoms with Gasteiger partial charge in [0.25, 0.3) is 0 Å². The molecule has 1 heterocycles. The van der Waals surface area contributed by atoms with E-state index in [1.165, 1.54) is 6.42 Å². The lowest BCUT2D eigenvalue weighted by atomic mass is 10.1. The summed E-state index contributed by atoms with van der Waals surface area (Å²) in [5.74, 6) is 0. The van der Waals surface area contributed by atoms with Gasteiger partial charge in [0.15, 0.2) is 0 Å². The first-order valence-electron chi connectivity index (χ1n) is 5.36. The minimum absolute atomic E-state index is 0.0694. The summed E-state index contributed by atoms with van der Waals surface area (Å²) in [5, 5.41) is 6.14. The number of piperidine rings is 1. The fourth-order valence-corrected chi connectivity index (χ4v) is 1.74. The SMILES string of the molecule is CNC1CCCN(C(=O)NC(C)C)C1. The maximum Gasteiger partial charge on any atom is 0.317 e. The highest BCUT2D eigenvalue weighted by Crippen LogP contribution is 2.09. The minimum atomic E-state index is 0.0694. The number of hydrogen-bond donors (Lipinski definition) is 2. The Morgan fingerprint density at radius 1 is 1.50 bits per heavy atom. The molecule has 0 aromatic rings. The molecule has 0 aliphatic carbocycles. The van der Waals surface area contributed by atoms with Gasteiger partial charge in [0.2, 0.25) is 0 Å². The van der Waals surface area contributed by atoms with Crippen LogP contribution in [0.5, 0.6) is 0 Å². The van der Waals surface area contributed by atoms with E-state index in [1.807, 2.05) is 25.8 Å². The number of nitrogens with one attached hydrogen (secondary N) is 2. The first-order valence-corrected chi connectivity index (χ1v) is 5.36.